The Hall–Kier alpha value is -3.07. The molecule has 166 valence electrons. The zero-order valence-corrected chi connectivity index (χ0v) is 20.1. The molecule has 0 amide bonds. The van der Waals surface area contributed by atoms with E-state index >= 15 is 0 Å². The molecule has 3 heteroatoms. The van der Waals surface area contributed by atoms with Gasteiger partial charge in [-0.2, -0.15) is 0 Å². The van der Waals surface area contributed by atoms with E-state index in [2.05, 4.69) is 131 Å². The van der Waals surface area contributed by atoms with Crippen molar-refractivity contribution >= 4 is 11.6 Å². The van der Waals surface area contributed by atoms with Gasteiger partial charge < -0.3 is 10.6 Å². The molecule has 0 aromatic heterocycles. The second-order valence-electron chi connectivity index (χ2n) is 10.8. The number of nitrogens with zero attached hydrogens (tertiary/aromatic N) is 1. The van der Waals surface area contributed by atoms with Crippen molar-refractivity contribution in [3.63, 3.8) is 0 Å². The largest absolute Gasteiger partial charge is 0.347 e. The molecule has 0 saturated carbocycles. The first-order chi connectivity index (χ1) is 15.1. The molecule has 1 aliphatic rings. The first kappa shape index (κ1) is 22.1. The second kappa shape index (κ2) is 8.46. The number of hydrogen-bond donors (Lipinski definition) is 2. The van der Waals surface area contributed by atoms with Crippen molar-refractivity contribution < 1.29 is 0 Å². The fraction of sp³-hybridized carbons (Fsp3) is 0.345. The van der Waals surface area contributed by atoms with Crippen LogP contribution in [0, 0.1) is 0 Å². The third-order valence-electron chi connectivity index (χ3n) is 6.12. The molecule has 3 nitrogen and oxygen atoms in total. The summed E-state index contributed by atoms with van der Waals surface area (Å²) >= 11 is 0. The van der Waals surface area contributed by atoms with E-state index in [0.717, 1.165) is 11.6 Å². The van der Waals surface area contributed by atoms with Crippen molar-refractivity contribution in [2.24, 2.45) is 4.99 Å². The number of nitrogens with one attached hydrogen (secondary N) is 2. The highest BCUT2D eigenvalue weighted by molar-refractivity contribution is 5.96. The van der Waals surface area contributed by atoms with Crippen molar-refractivity contribution in [3.8, 4) is 0 Å². The molecule has 1 aliphatic heterocycles. The van der Waals surface area contributed by atoms with Gasteiger partial charge in [0.25, 0.3) is 0 Å². The van der Waals surface area contributed by atoms with Crippen molar-refractivity contribution in [1.29, 1.82) is 0 Å². The van der Waals surface area contributed by atoms with E-state index in [1.807, 2.05) is 0 Å². The van der Waals surface area contributed by atoms with Crippen LogP contribution in [0.3, 0.4) is 0 Å². The van der Waals surface area contributed by atoms with Crippen LogP contribution in [0.5, 0.6) is 0 Å². The maximum Gasteiger partial charge on any atom is 0.197 e. The Balaban J connectivity index is 1.72. The summed E-state index contributed by atoms with van der Waals surface area (Å²) in [6.45, 7) is 13.5. The Morgan fingerprint density at radius 2 is 1.31 bits per heavy atom. The smallest absolute Gasteiger partial charge is 0.197 e. The lowest BCUT2D eigenvalue weighted by Gasteiger charge is -2.27. The van der Waals surface area contributed by atoms with Crippen LogP contribution >= 0.6 is 0 Å². The van der Waals surface area contributed by atoms with E-state index in [-0.39, 0.29) is 22.9 Å². The standard InChI is InChI=1S/C29H35N3/c1-28(2,3)22-17-18-23(29(4,5)6)24(19-22)30-27-31-25(20-13-9-7-10-14-20)26(32-27)21-15-11-8-12-16-21/h7-19,25-26H,1-6H3,(H2,30,31,32)/t25-,26-/m0/s1. The molecule has 3 aromatic carbocycles. The van der Waals surface area contributed by atoms with Gasteiger partial charge in [0.2, 0.25) is 0 Å². The summed E-state index contributed by atoms with van der Waals surface area (Å²) < 4.78 is 0. The van der Waals surface area contributed by atoms with E-state index < -0.39 is 0 Å². The molecule has 2 N–H and O–H groups in total. The van der Waals surface area contributed by atoms with Crippen LogP contribution in [0.2, 0.25) is 0 Å². The minimum Gasteiger partial charge on any atom is -0.347 e. The van der Waals surface area contributed by atoms with E-state index in [0.29, 0.717) is 0 Å². The van der Waals surface area contributed by atoms with Gasteiger partial charge in [0, 0.05) is 5.69 Å². The van der Waals surface area contributed by atoms with E-state index in [1.165, 1.54) is 22.3 Å². The maximum atomic E-state index is 5.12. The normalized spacial score (nSPS) is 18.8. The van der Waals surface area contributed by atoms with E-state index in [4.69, 9.17) is 4.99 Å². The molecule has 1 heterocycles. The summed E-state index contributed by atoms with van der Waals surface area (Å²) in [5.74, 6) is 0.823. The number of anilines is 1. The van der Waals surface area contributed by atoms with Gasteiger partial charge >= 0.3 is 0 Å². The van der Waals surface area contributed by atoms with Crippen LogP contribution in [0.15, 0.2) is 83.9 Å². The van der Waals surface area contributed by atoms with Gasteiger partial charge in [-0.3, -0.25) is 0 Å². The first-order valence-electron chi connectivity index (χ1n) is 11.5. The van der Waals surface area contributed by atoms with Crippen molar-refractivity contribution in [3.05, 3.63) is 101 Å². The van der Waals surface area contributed by atoms with Gasteiger partial charge in [0.1, 0.15) is 6.04 Å². The number of hydrogen-bond acceptors (Lipinski definition) is 3. The Kier molecular flexibility index (Phi) is 5.85. The topological polar surface area (TPSA) is 36.4 Å². The molecule has 32 heavy (non-hydrogen) atoms. The summed E-state index contributed by atoms with van der Waals surface area (Å²) in [6.07, 6.45) is 0. The van der Waals surface area contributed by atoms with Gasteiger partial charge in [0.15, 0.2) is 5.96 Å². The predicted octanol–water partition coefficient (Wildman–Crippen LogP) is 7.14. The van der Waals surface area contributed by atoms with Crippen LogP contribution < -0.4 is 10.6 Å². The number of aliphatic imine (C=N–C) groups is 1. The fourth-order valence-corrected chi connectivity index (χ4v) is 4.28. The minimum atomic E-state index is 0.0185. The third-order valence-corrected chi connectivity index (χ3v) is 6.12. The molecule has 0 saturated heterocycles. The average Bonchev–Trinajstić information content (AvgIpc) is 3.17. The quantitative estimate of drug-likeness (QED) is 0.468. The number of benzene rings is 3. The summed E-state index contributed by atoms with van der Waals surface area (Å²) in [4.78, 5) is 5.12. The monoisotopic (exact) mass is 425 g/mol. The van der Waals surface area contributed by atoms with Crippen molar-refractivity contribution in [2.75, 3.05) is 5.32 Å². The average molecular weight is 426 g/mol. The summed E-state index contributed by atoms with van der Waals surface area (Å²) in [6, 6.07) is 28.1. The van der Waals surface area contributed by atoms with Crippen LogP contribution in [0.1, 0.15) is 75.9 Å². The second-order valence-corrected chi connectivity index (χ2v) is 10.8. The number of guanidine groups is 1. The molecular weight excluding hydrogens is 390 g/mol. The third kappa shape index (κ3) is 4.72. The molecule has 2 atom stereocenters. The summed E-state index contributed by atoms with van der Waals surface area (Å²) in [5, 5.41) is 7.35. The lowest BCUT2D eigenvalue weighted by atomic mass is 9.81. The van der Waals surface area contributed by atoms with Crippen LogP contribution in [-0.2, 0) is 10.8 Å². The molecular formula is C29H35N3. The van der Waals surface area contributed by atoms with Gasteiger partial charge in [-0.05, 0) is 39.2 Å². The first-order valence-corrected chi connectivity index (χ1v) is 11.5. The van der Waals surface area contributed by atoms with Crippen LogP contribution in [0.25, 0.3) is 0 Å². The van der Waals surface area contributed by atoms with Gasteiger partial charge in [-0.1, -0.05) is 114 Å². The van der Waals surface area contributed by atoms with Crippen molar-refractivity contribution in [2.45, 2.75) is 64.5 Å². The number of rotatable bonds is 3. The van der Waals surface area contributed by atoms with E-state index in [1.54, 1.807) is 0 Å². The maximum absolute atomic E-state index is 5.12. The SMILES string of the molecule is CC(C)(C)c1ccc(C(C)(C)C)c(NC2=N[C@@H](c3ccccc3)[C@H](c3ccccc3)N2)c1. The minimum absolute atomic E-state index is 0.0185. The molecule has 0 radical (unpaired) electrons. The van der Waals surface area contributed by atoms with Gasteiger partial charge in [0.05, 0.1) is 6.04 Å². The van der Waals surface area contributed by atoms with Crippen LogP contribution in [0.4, 0.5) is 5.69 Å². The Morgan fingerprint density at radius 1 is 0.719 bits per heavy atom. The zero-order valence-electron chi connectivity index (χ0n) is 20.1. The predicted molar refractivity (Wildman–Crippen MR) is 136 cm³/mol. The lowest BCUT2D eigenvalue weighted by Crippen LogP contribution is -2.31. The van der Waals surface area contributed by atoms with E-state index in [9.17, 15) is 0 Å². The molecule has 0 fully saturated rings. The van der Waals surface area contributed by atoms with Gasteiger partial charge in [-0.15, -0.1) is 0 Å². The lowest BCUT2D eigenvalue weighted by molar-refractivity contribution is 0.572. The fourth-order valence-electron chi connectivity index (χ4n) is 4.28. The highest BCUT2D eigenvalue weighted by Gasteiger charge is 2.32. The highest BCUT2D eigenvalue weighted by Crippen LogP contribution is 2.38. The van der Waals surface area contributed by atoms with Gasteiger partial charge in [-0.25, -0.2) is 4.99 Å². The molecule has 4 rings (SSSR count). The summed E-state index contributed by atoms with van der Waals surface area (Å²) in [5.41, 5.74) is 6.27. The molecule has 0 aliphatic carbocycles. The van der Waals surface area contributed by atoms with Crippen molar-refractivity contribution in [1.82, 2.24) is 5.32 Å². The van der Waals surface area contributed by atoms with Crippen LogP contribution in [-0.4, -0.2) is 5.96 Å². The molecule has 0 unspecified atom stereocenters. The Bertz CT molecular complexity index is 1090. The molecule has 0 bridgehead atoms. The Morgan fingerprint density at radius 3 is 1.88 bits per heavy atom. The molecule has 3 aromatic rings. The zero-order chi connectivity index (χ0) is 22.9. The Labute approximate surface area is 193 Å². The molecule has 0 spiro atoms. The summed E-state index contributed by atoms with van der Waals surface area (Å²) in [7, 11) is 0. The highest BCUT2D eigenvalue weighted by atomic mass is 15.3.